The minimum atomic E-state index is -0.992. The fourth-order valence-corrected chi connectivity index (χ4v) is 1.25. The third-order valence-electron chi connectivity index (χ3n) is 2.13. The van der Waals surface area contributed by atoms with Crippen molar-refractivity contribution in [1.29, 1.82) is 0 Å². The number of carboxylic acids is 1. The van der Waals surface area contributed by atoms with Crippen LogP contribution in [0, 0.1) is 0 Å². The van der Waals surface area contributed by atoms with E-state index in [4.69, 9.17) is 9.84 Å². The Bertz CT molecular complexity index is 399. The molecule has 2 N–H and O–H groups in total. The molecule has 0 heterocycles. The molecular formula is C12H15NO4. The molecule has 0 spiro atoms. The number of rotatable bonds is 5. The molecule has 0 saturated heterocycles. The number of carbonyl (C=O) groups excluding carboxylic acids is 1. The summed E-state index contributed by atoms with van der Waals surface area (Å²) in [5.74, 6) is -0.725. The van der Waals surface area contributed by atoms with Crippen LogP contribution in [0.15, 0.2) is 24.3 Å². The number of likely N-dealkylation sites (N-methyl/N-ethyl adjacent to an activating group) is 1. The highest BCUT2D eigenvalue weighted by atomic mass is 16.5. The van der Waals surface area contributed by atoms with Gasteiger partial charge in [-0.05, 0) is 38.1 Å². The van der Waals surface area contributed by atoms with E-state index in [-0.39, 0.29) is 11.5 Å². The van der Waals surface area contributed by atoms with Crippen LogP contribution in [0.2, 0.25) is 0 Å². The fourth-order valence-electron chi connectivity index (χ4n) is 1.25. The Morgan fingerprint density at radius 1 is 1.35 bits per heavy atom. The van der Waals surface area contributed by atoms with Crippen LogP contribution in [0.5, 0.6) is 5.75 Å². The lowest BCUT2D eigenvalue weighted by molar-refractivity contribution is -0.127. The van der Waals surface area contributed by atoms with Crippen LogP contribution in [0.3, 0.4) is 0 Å². The summed E-state index contributed by atoms with van der Waals surface area (Å²) in [5, 5.41) is 11.3. The molecule has 1 amide bonds. The summed E-state index contributed by atoms with van der Waals surface area (Å²) in [4.78, 5) is 22.0. The maximum atomic E-state index is 11.4. The highest BCUT2D eigenvalue weighted by Gasteiger charge is 2.13. The largest absolute Gasteiger partial charge is 0.481 e. The molecule has 1 aromatic rings. The van der Waals surface area contributed by atoms with E-state index in [1.807, 2.05) is 6.92 Å². The zero-order valence-corrected chi connectivity index (χ0v) is 9.77. The van der Waals surface area contributed by atoms with Gasteiger partial charge in [-0.2, -0.15) is 0 Å². The molecular weight excluding hydrogens is 222 g/mol. The highest BCUT2D eigenvalue weighted by Crippen LogP contribution is 2.13. The Kier molecular flexibility index (Phi) is 4.51. The van der Waals surface area contributed by atoms with Gasteiger partial charge >= 0.3 is 5.97 Å². The average Bonchev–Trinajstić information content (AvgIpc) is 2.30. The standard InChI is InChI=1S/C12H15NO4/c1-3-13-11(14)8(2)17-10-6-4-9(5-7-10)12(15)16/h4-8H,3H2,1-2H3,(H,13,14)(H,15,16). The summed E-state index contributed by atoms with van der Waals surface area (Å²) >= 11 is 0. The first-order valence-corrected chi connectivity index (χ1v) is 5.32. The number of aromatic carboxylic acids is 1. The molecule has 1 unspecified atom stereocenters. The van der Waals surface area contributed by atoms with Crippen molar-refractivity contribution >= 4 is 11.9 Å². The fraction of sp³-hybridized carbons (Fsp3) is 0.333. The molecule has 1 rings (SSSR count). The number of ether oxygens (including phenoxy) is 1. The summed E-state index contributed by atoms with van der Waals surface area (Å²) in [7, 11) is 0. The van der Waals surface area contributed by atoms with Crippen molar-refractivity contribution in [1.82, 2.24) is 5.32 Å². The van der Waals surface area contributed by atoms with Crippen molar-refractivity contribution in [2.24, 2.45) is 0 Å². The van der Waals surface area contributed by atoms with Crippen molar-refractivity contribution in [2.75, 3.05) is 6.54 Å². The van der Waals surface area contributed by atoms with Gasteiger partial charge in [0.1, 0.15) is 5.75 Å². The molecule has 0 radical (unpaired) electrons. The van der Waals surface area contributed by atoms with Gasteiger partial charge in [0.15, 0.2) is 6.10 Å². The molecule has 1 aromatic carbocycles. The van der Waals surface area contributed by atoms with Gasteiger partial charge in [-0.25, -0.2) is 4.79 Å². The summed E-state index contributed by atoms with van der Waals surface area (Å²) < 4.78 is 5.36. The van der Waals surface area contributed by atoms with Crippen LogP contribution >= 0.6 is 0 Å². The topological polar surface area (TPSA) is 75.6 Å². The first-order chi connectivity index (χ1) is 8.04. The smallest absolute Gasteiger partial charge is 0.335 e. The van der Waals surface area contributed by atoms with Crippen molar-refractivity contribution in [3.05, 3.63) is 29.8 Å². The van der Waals surface area contributed by atoms with Crippen LogP contribution in [0.1, 0.15) is 24.2 Å². The van der Waals surface area contributed by atoms with Crippen molar-refractivity contribution in [3.63, 3.8) is 0 Å². The van der Waals surface area contributed by atoms with E-state index in [9.17, 15) is 9.59 Å². The van der Waals surface area contributed by atoms with Crippen LogP contribution in [-0.4, -0.2) is 29.6 Å². The van der Waals surface area contributed by atoms with Gasteiger partial charge in [0, 0.05) is 6.54 Å². The predicted octanol–water partition coefficient (Wildman–Crippen LogP) is 1.29. The second-order valence-electron chi connectivity index (χ2n) is 3.48. The minimum absolute atomic E-state index is 0.183. The lowest BCUT2D eigenvalue weighted by Crippen LogP contribution is -2.36. The molecule has 17 heavy (non-hydrogen) atoms. The van der Waals surface area contributed by atoms with Gasteiger partial charge in [-0.1, -0.05) is 0 Å². The molecule has 5 nitrogen and oxygen atoms in total. The minimum Gasteiger partial charge on any atom is -0.481 e. The number of carboxylic acid groups (broad SMARTS) is 1. The van der Waals surface area contributed by atoms with E-state index in [0.717, 1.165) is 0 Å². The van der Waals surface area contributed by atoms with Crippen molar-refractivity contribution < 1.29 is 19.4 Å². The summed E-state index contributed by atoms with van der Waals surface area (Å²) in [6.45, 7) is 4.01. The molecule has 1 atom stereocenters. The predicted molar refractivity (Wildman–Crippen MR) is 62.2 cm³/mol. The molecule has 0 aromatic heterocycles. The molecule has 0 aliphatic heterocycles. The third-order valence-corrected chi connectivity index (χ3v) is 2.13. The Labute approximate surface area is 99.4 Å². The SMILES string of the molecule is CCNC(=O)C(C)Oc1ccc(C(=O)O)cc1. The van der Waals surface area contributed by atoms with Crippen molar-refractivity contribution in [2.45, 2.75) is 20.0 Å². The van der Waals surface area contributed by atoms with Crippen LogP contribution in [0.25, 0.3) is 0 Å². The summed E-state index contributed by atoms with van der Waals surface area (Å²) in [6.07, 6.45) is -0.606. The van der Waals surface area contributed by atoms with E-state index < -0.39 is 12.1 Å². The van der Waals surface area contributed by atoms with E-state index in [1.54, 1.807) is 6.92 Å². The van der Waals surface area contributed by atoms with E-state index >= 15 is 0 Å². The zero-order valence-electron chi connectivity index (χ0n) is 9.77. The third kappa shape index (κ3) is 3.79. The van der Waals surface area contributed by atoms with Gasteiger partial charge in [0.05, 0.1) is 5.56 Å². The molecule has 5 heteroatoms. The van der Waals surface area contributed by atoms with E-state index in [2.05, 4.69) is 5.32 Å². The van der Waals surface area contributed by atoms with Gasteiger partial charge in [-0.3, -0.25) is 4.79 Å². The number of nitrogens with one attached hydrogen (secondary N) is 1. The number of carbonyl (C=O) groups is 2. The van der Waals surface area contributed by atoms with Gasteiger partial charge in [-0.15, -0.1) is 0 Å². The number of amides is 1. The van der Waals surface area contributed by atoms with Crippen LogP contribution < -0.4 is 10.1 Å². The Morgan fingerprint density at radius 2 is 1.94 bits per heavy atom. The lowest BCUT2D eigenvalue weighted by atomic mass is 10.2. The van der Waals surface area contributed by atoms with E-state index in [0.29, 0.717) is 12.3 Å². The molecule has 0 fully saturated rings. The van der Waals surface area contributed by atoms with E-state index in [1.165, 1.54) is 24.3 Å². The Balaban J connectivity index is 2.63. The van der Waals surface area contributed by atoms with Crippen LogP contribution in [0.4, 0.5) is 0 Å². The summed E-state index contributed by atoms with van der Waals surface area (Å²) in [5.41, 5.74) is 0.183. The first-order valence-electron chi connectivity index (χ1n) is 5.32. The second-order valence-corrected chi connectivity index (χ2v) is 3.48. The monoisotopic (exact) mass is 237 g/mol. The number of hydrogen-bond donors (Lipinski definition) is 2. The lowest BCUT2D eigenvalue weighted by Gasteiger charge is -2.13. The maximum Gasteiger partial charge on any atom is 0.335 e. The van der Waals surface area contributed by atoms with Crippen LogP contribution in [-0.2, 0) is 4.79 Å². The number of benzene rings is 1. The van der Waals surface area contributed by atoms with Crippen molar-refractivity contribution in [3.8, 4) is 5.75 Å². The molecule has 92 valence electrons. The molecule has 0 aliphatic rings. The Morgan fingerprint density at radius 3 is 2.41 bits per heavy atom. The summed E-state index contributed by atoms with van der Waals surface area (Å²) in [6, 6.07) is 5.92. The van der Waals surface area contributed by atoms with Gasteiger partial charge < -0.3 is 15.2 Å². The maximum absolute atomic E-state index is 11.4. The normalized spacial score (nSPS) is 11.6. The number of hydrogen-bond acceptors (Lipinski definition) is 3. The Hall–Kier alpha value is -2.04. The van der Waals surface area contributed by atoms with Gasteiger partial charge in [0.25, 0.3) is 5.91 Å². The molecule has 0 saturated carbocycles. The zero-order chi connectivity index (χ0) is 12.8. The van der Waals surface area contributed by atoms with Gasteiger partial charge in [0.2, 0.25) is 0 Å². The average molecular weight is 237 g/mol. The molecule has 0 bridgehead atoms. The quantitative estimate of drug-likeness (QED) is 0.809. The second kappa shape index (κ2) is 5.89. The first kappa shape index (κ1) is 13.0. The highest BCUT2D eigenvalue weighted by molar-refractivity contribution is 5.87. The molecule has 0 aliphatic carbocycles.